The predicted molar refractivity (Wildman–Crippen MR) is 83.6 cm³/mol. The van der Waals surface area contributed by atoms with E-state index in [1.54, 1.807) is 24.3 Å². The molecule has 1 aromatic carbocycles. The lowest BCUT2D eigenvalue weighted by Crippen LogP contribution is -2.25. The molecule has 2 aromatic rings. The van der Waals surface area contributed by atoms with Crippen molar-refractivity contribution in [3.63, 3.8) is 0 Å². The lowest BCUT2D eigenvalue weighted by molar-refractivity contribution is -0.136. The Morgan fingerprint density at radius 1 is 1.23 bits per heavy atom. The van der Waals surface area contributed by atoms with Crippen LogP contribution in [0.25, 0.3) is 0 Å². The number of carboxylic acids is 2. The first-order valence-corrected chi connectivity index (χ1v) is 7.55. The minimum Gasteiger partial charge on any atom is -0.481 e. The van der Waals surface area contributed by atoms with E-state index in [0.29, 0.717) is 13.1 Å². The van der Waals surface area contributed by atoms with E-state index in [4.69, 9.17) is 10.2 Å². The molecule has 1 heterocycles. The number of nitrogens with zero attached hydrogens (tertiary/aromatic N) is 2. The monoisotopic (exact) mass is 320 g/mol. The molecular weight excluding hydrogens is 304 g/mol. The topological polar surface area (TPSA) is 90.7 Å². The van der Waals surface area contributed by atoms with Gasteiger partial charge >= 0.3 is 11.9 Å². The summed E-state index contributed by atoms with van der Waals surface area (Å²) in [6.07, 6.45) is 0.0197. The van der Waals surface area contributed by atoms with Crippen LogP contribution in [0, 0.1) is 6.92 Å². The fourth-order valence-electron chi connectivity index (χ4n) is 1.93. The minimum absolute atomic E-state index is 0.0197. The Bertz CT molecular complexity index is 666. The molecule has 2 rings (SSSR count). The van der Waals surface area contributed by atoms with Gasteiger partial charge in [0.2, 0.25) is 0 Å². The second kappa shape index (κ2) is 7.04. The van der Waals surface area contributed by atoms with Crippen LogP contribution in [0.3, 0.4) is 0 Å². The number of hydrogen-bond donors (Lipinski definition) is 2. The number of rotatable bonds is 7. The van der Waals surface area contributed by atoms with Crippen LogP contribution >= 0.6 is 11.3 Å². The van der Waals surface area contributed by atoms with Gasteiger partial charge in [0.1, 0.15) is 0 Å². The number of thiazole rings is 1. The number of anilines is 1. The first-order chi connectivity index (χ1) is 10.5. The van der Waals surface area contributed by atoms with Gasteiger partial charge in [0, 0.05) is 18.5 Å². The lowest BCUT2D eigenvalue weighted by atomic mass is 10.1. The highest BCUT2D eigenvalue weighted by Gasteiger charge is 2.13. The zero-order valence-electron chi connectivity index (χ0n) is 12.0. The van der Waals surface area contributed by atoms with Crippen LogP contribution in [0.15, 0.2) is 29.6 Å². The molecule has 0 radical (unpaired) electrons. The summed E-state index contributed by atoms with van der Waals surface area (Å²) in [7, 11) is 0. The average molecular weight is 320 g/mol. The maximum Gasteiger partial charge on any atom is 0.335 e. The van der Waals surface area contributed by atoms with E-state index in [2.05, 4.69) is 4.98 Å². The molecule has 0 aliphatic carbocycles. The first kappa shape index (κ1) is 16.0. The van der Waals surface area contributed by atoms with Crippen molar-refractivity contribution in [2.24, 2.45) is 0 Å². The zero-order valence-corrected chi connectivity index (χ0v) is 12.8. The van der Waals surface area contributed by atoms with Crippen molar-refractivity contribution in [3.8, 4) is 0 Å². The van der Waals surface area contributed by atoms with Gasteiger partial charge in [0.05, 0.1) is 17.7 Å². The molecule has 1 aromatic heterocycles. The molecule has 0 saturated carbocycles. The second-order valence-corrected chi connectivity index (χ2v) is 5.68. The summed E-state index contributed by atoms with van der Waals surface area (Å²) in [6.45, 7) is 2.72. The van der Waals surface area contributed by atoms with Crippen LogP contribution in [0.2, 0.25) is 0 Å². The van der Waals surface area contributed by atoms with E-state index in [1.807, 2.05) is 17.2 Å². The molecule has 7 heteroatoms. The predicted octanol–water partition coefficient (Wildman–Crippen LogP) is 2.63. The third-order valence-corrected chi connectivity index (χ3v) is 4.07. The van der Waals surface area contributed by atoms with Crippen LogP contribution in [0.1, 0.15) is 28.0 Å². The van der Waals surface area contributed by atoms with E-state index >= 15 is 0 Å². The Morgan fingerprint density at radius 2 is 1.91 bits per heavy atom. The largest absolute Gasteiger partial charge is 0.481 e. The van der Waals surface area contributed by atoms with Gasteiger partial charge in [-0.15, -0.1) is 11.3 Å². The number of carbonyl (C=O) groups is 2. The molecule has 0 aliphatic rings. The first-order valence-electron chi connectivity index (χ1n) is 6.67. The third-order valence-electron chi connectivity index (χ3n) is 3.05. The maximum atomic E-state index is 10.9. The second-order valence-electron chi connectivity index (χ2n) is 4.84. The smallest absolute Gasteiger partial charge is 0.335 e. The molecule has 22 heavy (non-hydrogen) atoms. The van der Waals surface area contributed by atoms with Crippen LogP contribution in [0.4, 0.5) is 5.13 Å². The fourth-order valence-corrected chi connectivity index (χ4v) is 2.76. The van der Waals surface area contributed by atoms with Gasteiger partial charge in [-0.2, -0.15) is 0 Å². The van der Waals surface area contributed by atoms with E-state index < -0.39 is 11.9 Å². The number of aromatic carboxylic acids is 1. The molecule has 2 N–H and O–H groups in total. The molecule has 116 valence electrons. The van der Waals surface area contributed by atoms with Gasteiger partial charge in [0.25, 0.3) is 0 Å². The number of hydrogen-bond acceptors (Lipinski definition) is 5. The van der Waals surface area contributed by atoms with E-state index in [9.17, 15) is 9.59 Å². The van der Waals surface area contributed by atoms with Crippen molar-refractivity contribution >= 4 is 28.4 Å². The van der Waals surface area contributed by atoms with Crippen molar-refractivity contribution in [1.82, 2.24) is 4.98 Å². The van der Waals surface area contributed by atoms with Gasteiger partial charge in [-0.05, 0) is 24.6 Å². The van der Waals surface area contributed by atoms with Crippen molar-refractivity contribution in [2.45, 2.75) is 19.9 Å². The highest BCUT2D eigenvalue weighted by atomic mass is 32.1. The number of benzene rings is 1. The summed E-state index contributed by atoms with van der Waals surface area (Å²) >= 11 is 1.46. The molecule has 0 amide bonds. The van der Waals surface area contributed by atoms with Gasteiger partial charge in [-0.1, -0.05) is 12.1 Å². The van der Waals surface area contributed by atoms with Gasteiger partial charge in [-0.3, -0.25) is 4.79 Å². The van der Waals surface area contributed by atoms with Gasteiger partial charge < -0.3 is 15.1 Å². The molecule has 0 spiro atoms. The summed E-state index contributed by atoms with van der Waals surface area (Å²) in [4.78, 5) is 27.9. The Morgan fingerprint density at radius 3 is 2.41 bits per heavy atom. The third kappa shape index (κ3) is 4.29. The molecule has 0 fully saturated rings. The van der Waals surface area contributed by atoms with Crippen molar-refractivity contribution in [3.05, 3.63) is 46.5 Å². The Labute approximate surface area is 131 Å². The molecular formula is C15H16N2O4S. The molecule has 0 saturated heterocycles. The summed E-state index contributed by atoms with van der Waals surface area (Å²) < 4.78 is 0. The van der Waals surface area contributed by atoms with Crippen molar-refractivity contribution in [1.29, 1.82) is 0 Å². The molecule has 0 atom stereocenters. The molecule has 0 bridgehead atoms. The Balaban J connectivity index is 2.14. The molecule has 6 nitrogen and oxygen atoms in total. The van der Waals surface area contributed by atoms with Crippen LogP contribution in [0.5, 0.6) is 0 Å². The van der Waals surface area contributed by atoms with E-state index in [1.165, 1.54) is 11.3 Å². The van der Waals surface area contributed by atoms with Crippen LogP contribution in [-0.2, 0) is 11.3 Å². The summed E-state index contributed by atoms with van der Waals surface area (Å²) in [6, 6.07) is 6.55. The zero-order chi connectivity index (χ0) is 16.1. The lowest BCUT2D eigenvalue weighted by Gasteiger charge is -2.21. The molecule has 0 unspecified atom stereocenters. The fraction of sp³-hybridized carbons (Fsp3) is 0.267. The highest BCUT2D eigenvalue weighted by Crippen LogP contribution is 2.22. The van der Waals surface area contributed by atoms with Gasteiger partial charge in [0.15, 0.2) is 5.13 Å². The van der Waals surface area contributed by atoms with Gasteiger partial charge in [-0.25, -0.2) is 9.78 Å². The number of aliphatic carboxylic acids is 1. The van der Waals surface area contributed by atoms with Crippen LogP contribution in [-0.4, -0.2) is 33.7 Å². The quantitative estimate of drug-likeness (QED) is 0.815. The van der Waals surface area contributed by atoms with E-state index in [0.717, 1.165) is 16.4 Å². The number of aryl methyl sites for hydroxylation is 1. The summed E-state index contributed by atoms with van der Waals surface area (Å²) in [5, 5.41) is 20.4. The highest BCUT2D eigenvalue weighted by molar-refractivity contribution is 7.13. The number of carboxylic acid groups (broad SMARTS) is 2. The number of aromatic nitrogens is 1. The van der Waals surface area contributed by atoms with Crippen molar-refractivity contribution in [2.75, 3.05) is 11.4 Å². The SMILES string of the molecule is Cc1csc(N(CCC(=O)O)Cc2ccc(C(=O)O)cc2)n1. The minimum atomic E-state index is -0.968. The Hall–Kier alpha value is -2.41. The van der Waals surface area contributed by atoms with Crippen molar-refractivity contribution < 1.29 is 19.8 Å². The van der Waals surface area contributed by atoms with E-state index in [-0.39, 0.29) is 12.0 Å². The Kier molecular flexibility index (Phi) is 5.11. The summed E-state index contributed by atoms with van der Waals surface area (Å²) in [5.41, 5.74) is 2.02. The standard InChI is InChI=1S/C15H16N2O4S/c1-10-9-22-15(16-10)17(7-6-13(18)19)8-11-2-4-12(5-3-11)14(20)21/h2-5,9H,6-8H2,1H3,(H,18,19)(H,20,21). The normalized spacial score (nSPS) is 10.4. The van der Waals surface area contributed by atoms with Crippen LogP contribution < -0.4 is 4.90 Å². The average Bonchev–Trinajstić information content (AvgIpc) is 2.90. The maximum absolute atomic E-state index is 10.9. The summed E-state index contributed by atoms with van der Waals surface area (Å²) in [5.74, 6) is -1.83. The molecule has 0 aliphatic heterocycles.